The molecule has 0 radical (unpaired) electrons. The van der Waals surface area contributed by atoms with E-state index in [1.54, 1.807) is 66.9 Å². The normalized spacial score (nSPS) is 17.1. The number of aliphatic hydroxyl groups excluding tert-OH is 2. The molecule has 0 bridgehead atoms. The van der Waals surface area contributed by atoms with E-state index in [0.29, 0.717) is 22.6 Å². The van der Waals surface area contributed by atoms with E-state index < -0.39 is 187 Å². The Morgan fingerprint density at radius 3 is 1.53 bits per heavy atom. The van der Waals surface area contributed by atoms with E-state index in [4.69, 9.17) is 22.6 Å². The number of hydrogen-bond donors (Lipinski definition) is 19. The van der Waals surface area contributed by atoms with Crippen molar-refractivity contribution in [2.24, 2.45) is 17.2 Å². The van der Waals surface area contributed by atoms with E-state index in [9.17, 15) is 87.2 Å². The number of rotatable bonds is 43. The van der Waals surface area contributed by atoms with Gasteiger partial charge in [0.25, 0.3) is 0 Å². The summed E-state index contributed by atoms with van der Waals surface area (Å²) >= 11 is 1.40. The smallest absolute Gasteiger partial charge is 0.303 e. The van der Waals surface area contributed by atoms with Crippen molar-refractivity contribution in [1.82, 2.24) is 78.3 Å². The van der Waals surface area contributed by atoms with Gasteiger partial charge in [0.2, 0.25) is 82.7 Å². The van der Waals surface area contributed by atoms with Gasteiger partial charge in [0.15, 0.2) is 5.96 Å². The van der Waals surface area contributed by atoms with E-state index >= 15 is 0 Å². The van der Waals surface area contributed by atoms with Gasteiger partial charge in [0.1, 0.15) is 72.5 Å². The largest absolute Gasteiger partial charge is 0.481 e. The van der Waals surface area contributed by atoms with Crippen molar-refractivity contribution in [3.8, 4) is 0 Å². The lowest BCUT2D eigenvalue weighted by Crippen LogP contribution is -2.62. The lowest BCUT2D eigenvalue weighted by Gasteiger charge is -2.32. The maximum atomic E-state index is 14.8. The Morgan fingerprint density at radius 2 is 1.05 bits per heavy atom. The number of benzene rings is 2. The zero-order chi connectivity index (χ0) is 77.4. The molecule has 14 amide bonds. The molecule has 0 spiro atoms. The van der Waals surface area contributed by atoms with E-state index in [0.717, 1.165) is 9.80 Å². The number of thioether (sulfide) groups is 1. The quantitative estimate of drug-likeness (QED) is 0.0143. The van der Waals surface area contributed by atoms with Crippen molar-refractivity contribution in [2.75, 3.05) is 38.2 Å². The Hall–Kier alpha value is -10.8. The predicted octanol–water partition coefficient (Wildman–Crippen LogP) is -5.69. The number of carboxylic acids is 1. The van der Waals surface area contributed by atoms with Crippen molar-refractivity contribution in [1.29, 1.82) is 5.41 Å². The number of carbonyl (C=O) groups is 15. The second-order valence-corrected chi connectivity index (χ2v) is 26.5. The molecule has 0 unspecified atom stereocenters. The number of hydrogen-bond acceptors (Lipinski definition) is 20. The number of H-pyrrole nitrogens is 1. The Kier molecular flexibility index (Phi) is 34.6. The molecule has 105 heavy (non-hydrogen) atoms. The Morgan fingerprint density at radius 1 is 0.581 bits per heavy atom. The third-order valence-electron chi connectivity index (χ3n) is 17.3. The number of amides is 14. The molecular weight excluding hydrogens is 1390 g/mol. The van der Waals surface area contributed by atoms with Gasteiger partial charge in [-0.05, 0) is 94.8 Å². The van der Waals surface area contributed by atoms with Gasteiger partial charge in [-0.15, -0.1) is 0 Å². The Labute approximate surface area is 609 Å². The number of primary amides is 2. The van der Waals surface area contributed by atoms with Crippen LogP contribution in [0.3, 0.4) is 0 Å². The summed E-state index contributed by atoms with van der Waals surface area (Å²) in [6, 6.07) is -0.754. The number of nitrogens with one attached hydrogen (secondary N) is 13. The van der Waals surface area contributed by atoms with Crippen LogP contribution in [0, 0.1) is 5.41 Å². The number of imidazole rings is 1. The number of nitrogens with zero attached hydrogens (tertiary/aromatic N) is 3. The molecule has 2 aliphatic rings. The molecule has 0 aliphatic carbocycles. The van der Waals surface area contributed by atoms with Gasteiger partial charge >= 0.3 is 5.97 Å². The summed E-state index contributed by atoms with van der Waals surface area (Å²) in [6.45, 7) is 2.68. The Balaban J connectivity index is 1.32. The minimum Gasteiger partial charge on any atom is -0.481 e. The molecule has 5 rings (SSSR count). The zero-order valence-corrected chi connectivity index (χ0v) is 59.6. The van der Waals surface area contributed by atoms with Gasteiger partial charge in [-0.3, -0.25) is 77.3 Å². The second-order valence-electron chi connectivity index (χ2n) is 25.5. The van der Waals surface area contributed by atoms with Gasteiger partial charge in [-0.1, -0.05) is 60.7 Å². The lowest BCUT2D eigenvalue weighted by molar-refractivity contribution is -0.145. The highest BCUT2D eigenvalue weighted by molar-refractivity contribution is 7.98. The SMILES string of the molecule is CSCC[C@H](NC(C)=O)C(=O)N[C@@H](CCC(N)=O)C(=O)N[C@@H](CO)C(=O)N1CCC[C@H]1C(=O)N[C@@H](Cc1ccccc1)C(=O)N[C@H](C(=O)N1CCC[C@H]1C(=O)N[C@@H](Cc1cnc[nH]1)C(=O)N[C@@H](Cc1ccccc1)C(=O)N[C@@H](C)C(=O)N[C@@H](CCC(=O)O)C(=O)N[C@@H](CCCNC(=N)N)C(N)=O)[C@@H](C)O. The number of nitrogens with two attached hydrogens (primary N) is 3. The first kappa shape index (κ1) is 84.9. The summed E-state index contributed by atoms with van der Waals surface area (Å²) in [5.41, 5.74) is 17.6. The third kappa shape index (κ3) is 27.8. The summed E-state index contributed by atoms with van der Waals surface area (Å²) in [6.07, 6.45) is 1.29. The summed E-state index contributed by atoms with van der Waals surface area (Å²) in [4.78, 5) is 213. The number of aromatic amines is 1. The molecule has 574 valence electrons. The molecule has 38 heteroatoms. The van der Waals surface area contributed by atoms with Crippen molar-refractivity contribution in [3.05, 3.63) is 90.0 Å². The van der Waals surface area contributed by atoms with Gasteiger partial charge in [-0.25, -0.2) is 4.98 Å². The molecule has 0 saturated carbocycles. The molecular formula is C67H97N19O18S. The average Bonchev–Trinajstić information content (AvgIpc) is 1.73. The highest BCUT2D eigenvalue weighted by Gasteiger charge is 2.44. The minimum atomic E-state index is -1.77. The number of aliphatic hydroxyl groups is 2. The fourth-order valence-corrected chi connectivity index (χ4v) is 12.2. The van der Waals surface area contributed by atoms with Crippen LogP contribution < -0.4 is 75.7 Å². The number of carboxylic acid groups (broad SMARTS) is 1. The molecule has 3 aromatic rings. The summed E-state index contributed by atoms with van der Waals surface area (Å²) in [5.74, 6) is -13.6. The van der Waals surface area contributed by atoms with Crippen LogP contribution in [0.4, 0.5) is 0 Å². The standard InChI is InChI=1S/C67H97N19O18S/c1-36(56(94)78-44(22-24-53(91)92)57(95)77-42(55(69)93)18-11-26-73-67(70)71)75-60(98)46(30-39-14-7-5-8-15-39)80-61(99)48(32-41-33-72-35-74-41)82-64(102)51-20-13-28-86(51)66(104)54(37(2)88)84-62(100)47(31-40-16-9-6-10-17-40)81-63(101)50-19-12-27-85(50)65(103)49(34-87)83-58(96)43(21-23-52(68)90)79-59(97)45(25-29-105-4)76-38(3)89/h5-10,14-17,33,35-37,42-51,54,87-88H,11-13,18-32,34H2,1-4H3,(H2,68,90)(H2,69,93)(H,72,74)(H,75,98)(H,76,89)(H,77,95)(H,78,94)(H,79,97)(H,80,99)(H,81,101)(H,82,102)(H,83,96)(H,84,100)(H,91,92)(H4,70,71,73)/t36-,37+,42-,43-,44-,45-,46-,47-,48-,49-,50-,51-,54-/m0/s1. The number of likely N-dealkylation sites (tertiary alicyclic amines) is 2. The van der Waals surface area contributed by atoms with Gasteiger partial charge in [0.05, 0.1) is 19.0 Å². The van der Waals surface area contributed by atoms with Crippen LogP contribution in [0.1, 0.15) is 108 Å². The molecule has 13 atom stereocenters. The van der Waals surface area contributed by atoms with E-state index in [2.05, 4.69) is 68.5 Å². The highest BCUT2D eigenvalue weighted by Crippen LogP contribution is 2.23. The first-order valence-electron chi connectivity index (χ1n) is 34.2. The zero-order valence-electron chi connectivity index (χ0n) is 58.8. The lowest BCUT2D eigenvalue weighted by atomic mass is 10.0. The van der Waals surface area contributed by atoms with Gasteiger partial charge < -0.3 is 106 Å². The summed E-state index contributed by atoms with van der Waals surface area (Å²) in [5, 5.41) is 66.5. The molecule has 37 nitrogen and oxygen atoms in total. The fraction of sp³-hybridized carbons (Fsp3) is 0.537. The Bertz CT molecular complexity index is 3520. The topological polar surface area (TPSA) is 586 Å². The molecule has 22 N–H and O–H groups in total. The summed E-state index contributed by atoms with van der Waals surface area (Å²) < 4.78 is 0. The van der Waals surface area contributed by atoms with E-state index in [1.807, 2.05) is 0 Å². The van der Waals surface area contributed by atoms with Crippen LogP contribution in [0.2, 0.25) is 0 Å². The van der Waals surface area contributed by atoms with Crippen LogP contribution in [-0.4, -0.2) is 247 Å². The highest BCUT2D eigenvalue weighted by atomic mass is 32.2. The van der Waals surface area contributed by atoms with Crippen LogP contribution in [0.25, 0.3) is 0 Å². The van der Waals surface area contributed by atoms with Crippen LogP contribution in [0.15, 0.2) is 73.2 Å². The van der Waals surface area contributed by atoms with Crippen molar-refractivity contribution in [3.63, 3.8) is 0 Å². The third-order valence-corrected chi connectivity index (χ3v) is 17.9. The van der Waals surface area contributed by atoms with Crippen LogP contribution in [0.5, 0.6) is 0 Å². The number of aromatic nitrogens is 2. The fourth-order valence-electron chi connectivity index (χ4n) is 11.7. The van der Waals surface area contributed by atoms with E-state index in [-0.39, 0.29) is 103 Å². The molecule has 2 aliphatic heterocycles. The number of carbonyl (C=O) groups excluding carboxylic acids is 14. The molecule has 3 heterocycles. The van der Waals surface area contributed by atoms with E-state index in [1.165, 1.54) is 45.1 Å². The maximum Gasteiger partial charge on any atom is 0.303 e. The average molecular weight is 1490 g/mol. The minimum absolute atomic E-state index is 0.0230. The van der Waals surface area contributed by atoms with Crippen molar-refractivity contribution in [2.45, 2.75) is 189 Å². The molecule has 2 aromatic carbocycles. The monoisotopic (exact) mass is 1490 g/mol. The van der Waals surface area contributed by atoms with Gasteiger partial charge in [-0.2, -0.15) is 11.8 Å². The first-order chi connectivity index (χ1) is 49.9. The van der Waals surface area contributed by atoms with Crippen LogP contribution in [-0.2, 0) is 91.2 Å². The maximum absolute atomic E-state index is 14.8. The number of aliphatic carboxylic acids is 1. The summed E-state index contributed by atoms with van der Waals surface area (Å²) in [7, 11) is 0. The van der Waals surface area contributed by atoms with Crippen molar-refractivity contribution >= 4 is 106 Å². The van der Waals surface area contributed by atoms with Crippen molar-refractivity contribution < 1.29 is 87.2 Å². The first-order valence-corrected chi connectivity index (χ1v) is 35.6. The molecule has 2 fully saturated rings. The predicted molar refractivity (Wildman–Crippen MR) is 378 cm³/mol. The molecule has 1 aromatic heterocycles. The van der Waals surface area contributed by atoms with Gasteiger partial charge in [0, 0.05) is 70.6 Å². The second kappa shape index (κ2) is 42.7. The van der Waals surface area contributed by atoms with Crippen LogP contribution >= 0.6 is 11.8 Å². The molecule has 2 saturated heterocycles. The number of guanidine groups is 1.